The molecule has 180 valence electrons. The molecule has 0 radical (unpaired) electrons. The molecule has 3 heterocycles. The molecular weight excluding hydrogens is 464 g/mol. The van der Waals surface area contributed by atoms with E-state index in [1.807, 2.05) is 74.5 Å². The zero-order valence-corrected chi connectivity index (χ0v) is 20.4. The molecule has 0 saturated carbocycles. The van der Waals surface area contributed by atoms with Gasteiger partial charge in [0.15, 0.2) is 11.5 Å². The van der Waals surface area contributed by atoms with Gasteiger partial charge in [0, 0.05) is 36.3 Å². The number of nitrogens with zero attached hydrogens (tertiary/aromatic N) is 4. The van der Waals surface area contributed by atoms with Gasteiger partial charge in [-0.05, 0) is 13.8 Å². The average molecular weight is 491 g/mol. The van der Waals surface area contributed by atoms with Crippen LogP contribution in [-0.2, 0) is 23.3 Å². The van der Waals surface area contributed by atoms with Crippen molar-refractivity contribution in [3.8, 4) is 22.5 Å². The van der Waals surface area contributed by atoms with Crippen molar-refractivity contribution in [2.24, 2.45) is 0 Å². The second-order valence-electron chi connectivity index (χ2n) is 8.65. The summed E-state index contributed by atoms with van der Waals surface area (Å²) in [6.07, 6.45) is 3.68. The Hall–Kier alpha value is -3.53. The molecule has 0 fully saturated rings. The Labute approximate surface area is 204 Å². The van der Waals surface area contributed by atoms with Gasteiger partial charge in [0.2, 0.25) is 0 Å². The summed E-state index contributed by atoms with van der Waals surface area (Å²) in [4.78, 5) is 0. The molecular formula is C26H26N4O4S. The molecule has 1 aliphatic rings. The monoisotopic (exact) mass is 490 g/mol. The van der Waals surface area contributed by atoms with E-state index in [-0.39, 0.29) is 26.2 Å². The van der Waals surface area contributed by atoms with Crippen molar-refractivity contribution in [3.05, 3.63) is 95.5 Å². The minimum absolute atomic E-state index is 0.0764. The van der Waals surface area contributed by atoms with E-state index in [2.05, 4.69) is 10.3 Å². The van der Waals surface area contributed by atoms with Crippen LogP contribution in [0.5, 0.6) is 0 Å². The van der Waals surface area contributed by atoms with Gasteiger partial charge in [-0.1, -0.05) is 82.1 Å². The lowest BCUT2D eigenvalue weighted by molar-refractivity contribution is 0.299. The summed E-state index contributed by atoms with van der Waals surface area (Å²) in [6.45, 7) is 4.67. The predicted octanol–water partition coefficient (Wildman–Crippen LogP) is 4.73. The highest BCUT2D eigenvalue weighted by molar-refractivity contribution is 7.86. The first kappa shape index (κ1) is 23.2. The van der Waals surface area contributed by atoms with Crippen molar-refractivity contribution in [2.45, 2.75) is 26.9 Å². The molecule has 0 atom stereocenters. The molecule has 0 N–H and O–H groups in total. The highest BCUT2D eigenvalue weighted by Crippen LogP contribution is 2.25. The van der Waals surface area contributed by atoms with Crippen molar-refractivity contribution < 1.29 is 17.5 Å². The van der Waals surface area contributed by atoms with Crippen LogP contribution in [0, 0.1) is 13.8 Å². The van der Waals surface area contributed by atoms with Gasteiger partial charge < -0.3 is 9.05 Å². The Kier molecular flexibility index (Phi) is 6.38. The summed E-state index contributed by atoms with van der Waals surface area (Å²) >= 11 is 0. The van der Waals surface area contributed by atoms with E-state index < -0.39 is 10.2 Å². The zero-order valence-electron chi connectivity index (χ0n) is 19.6. The van der Waals surface area contributed by atoms with Crippen LogP contribution >= 0.6 is 0 Å². The molecule has 1 aliphatic heterocycles. The number of hydrogen-bond donors (Lipinski definition) is 0. The minimum atomic E-state index is -3.79. The second-order valence-corrected chi connectivity index (χ2v) is 10.6. The van der Waals surface area contributed by atoms with E-state index >= 15 is 0 Å². The summed E-state index contributed by atoms with van der Waals surface area (Å²) in [5, 5.41) is 8.25. The van der Waals surface area contributed by atoms with Gasteiger partial charge in [0.1, 0.15) is 11.4 Å². The van der Waals surface area contributed by atoms with Crippen LogP contribution in [0.3, 0.4) is 0 Å². The fraction of sp³-hybridized carbons (Fsp3) is 0.231. The smallest absolute Gasteiger partial charge is 0.283 e. The molecule has 35 heavy (non-hydrogen) atoms. The molecule has 2 aromatic heterocycles. The Balaban J connectivity index is 1.32. The Morgan fingerprint density at radius 2 is 1.11 bits per heavy atom. The van der Waals surface area contributed by atoms with Crippen LogP contribution in [0.15, 0.2) is 81.9 Å². The summed E-state index contributed by atoms with van der Waals surface area (Å²) < 4.78 is 40.6. The number of aryl methyl sites for hydroxylation is 2. The summed E-state index contributed by atoms with van der Waals surface area (Å²) in [5.41, 5.74) is 5.48. The molecule has 0 unspecified atom stereocenters. The van der Waals surface area contributed by atoms with Gasteiger partial charge in [0.05, 0.1) is 13.1 Å². The van der Waals surface area contributed by atoms with Gasteiger partial charge in [-0.15, -0.1) is 0 Å². The highest BCUT2D eigenvalue weighted by Gasteiger charge is 2.32. The molecule has 4 aromatic rings. The summed E-state index contributed by atoms with van der Waals surface area (Å²) in [7, 11) is -3.79. The summed E-state index contributed by atoms with van der Waals surface area (Å²) in [6, 6.07) is 19.4. The molecule has 2 aromatic carbocycles. The van der Waals surface area contributed by atoms with Gasteiger partial charge in [-0.3, -0.25) is 0 Å². The Bertz CT molecular complexity index is 1330. The number of benzene rings is 2. The van der Waals surface area contributed by atoms with Gasteiger partial charge in [-0.25, -0.2) is 0 Å². The maximum Gasteiger partial charge on any atom is 0.283 e. The third kappa shape index (κ3) is 5.12. The Morgan fingerprint density at radius 1 is 0.714 bits per heavy atom. The lowest BCUT2D eigenvalue weighted by Gasteiger charge is -2.25. The normalized spacial score (nSPS) is 16.4. The van der Waals surface area contributed by atoms with Gasteiger partial charge >= 0.3 is 0 Å². The third-order valence-corrected chi connectivity index (χ3v) is 7.78. The molecule has 5 rings (SSSR count). The number of hydrogen-bond acceptors (Lipinski definition) is 6. The molecule has 9 heteroatoms. The van der Waals surface area contributed by atoms with Crippen LogP contribution in [0.25, 0.3) is 22.5 Å². The highest BCUT2D eigenvalue weighted by atomic mass is 32.2. The first-order chi connectivity index (χ1) is 16.9. The van der Waals surface area contributed by atoms with E-state index in [1.165, 1.54) is 8.61 Å². The van der Waals surface area contributed by atoms with E-state index in [4.69, 9.17) is 9.05 Å². The van der Waals surface area contributed by atoms with E-state index in [0.717, 1.165) is 22.3 Å². The van der Waals surface area contributed by atoms with Crippen molar-refractivity contribution in [3.63, 3.8) is 0 Å². The van der Waals surface area contributed by atoms with Crippen LogP contribution in [-0.4, -0.2) is 40.4 Å². The molecule has 0 saturated heterocycles. The Morgan fingerprint density at radius 3 is 1.51 bits per heavy atom. The average Bonchev–Trinajstić information content (AvgIpc) is 3.48. The molecule has 0 spiro atoms. The fourth-order valence-electron chi connectivity index (χ4n) is 3.87. The molecule has 8 nitrogen and oxygen atoms in total. The maximum atomic E-state index is 13.5. The van der Waals surface area contributed by atoms with E-state index in [0.29, 0.717) is 22.9 Å². The largest absolute Gasteiger partial charge is 0.359 e. The van der Waals surface area contributed by atoms with E-state index in [1.54, 1.807) is 12.1 Å². The van der Waals surface area contributed by atoms with Crippen LogP contribution < -0.4 is 0 Å². The van der Waals surface area contributed by atoms with Crippen LogP contribution in [0.2, 0.25) is 0 Å². The van der Waals surface area contributed by atoms with E-state index in [9.17, 15) is 8.42 Å². The fourth-order valence-corrected chi connectivity index (χ4v) is 5.33. The summed E-state index contributed by atoms with van der Waals surface area (Å²) in [5.74, 6) is 0.946. The first-order valence-electron chi connectivity index (χ1n) is 11.3. The zero-order chi connectivity index (χ0) is 24.4. The van der Waals surface area contributed by atoms with Crippen molar-refractivity contribution >= 4 is 10.2 Å². The van der Waals surface area contributed by atoms with Crippen LogP contribution in [0.4, 0.5) is 0 Å². The van der Waals surface area contributed by atoms with Gasteiger partial charge in [-0.2, -0.15) is 17.0 Å². The third-order valence-electron chi connectivity index (χ3n) is 5.91. The maximum absolute atomic E-state index is 13.5. The lowest BCUT2D eigenvalue weighted by atomic mass is 10.1. The molecule has 0 bridgehead atoms. The first-order valence-corrected chi connectivity index (χ1v) is 12.7. The van der Waals surface area contributed by atoms with Crippen molar-refractivity contribution in [2.75, 3.05) is 13.1 Å². The standard InChI is InChI=1S/C26H26N4O4S/c1-19-5-9-21(10-6-19)25-15-23(33-27-25)17-29-13-3-4-14-30(35(29,31)32)18-24-16-26(28-34-24)22-11-7-20(2)8-12-22/h3-12,15-16H,13-14,17-18H2,1-2H3. The molecule has 0 aliphatic carbocycles. The minimum Gasteiger partial charge on any atom is -0.359 e. The van der Waals surface area contributed by atoms with Gasteiger partial charge in [0.25, 0.3) is 10.2 Å². The van der Waals surface area contributed by atoms with Crippen molar-refractivity contribution in [1.29, 1.82) is 0 Å². The number of aromatic nitrogens is 2. The lowest BCUT2D eigenvalue weighted by Crippen LogP contribution is -2.41. The molecule has 0 amide bonds. The SMILES string of the molecule is Cc1ccc(-c2cc(CN3CC=CCN(Cc4cc(-c5ccc(C)cc5)no4)S3(=O)=O)on2)cc1. The predicted molar refractivity (Wildman–Crippen MR) is 132 cm³/mol. The van der Waals surface area contributed by atoms with Crippen molar-refractivity contribution in [1.82, 2.24) is 18.9 Å². The topological polar surface area (TPSA) is 92.7 Å². The van der Waals surface area contributed by atoms with Crippen LogP contribution in [0.1, 0.15) is 22.6 Å². The second kappa shape index (κ2) is 9.61. The number of rotatable bonds is 6. The quantitative estimate of drug-likeness (QED) is 0.363.